The zero-order valence-corrected chi connectivity index (χ0v) is 12.4. The third-order valence-electron chi connectivity index (χ3n) is 4.06. The molecule has 1 N–H and O–H groups in total. The largest absolute Gasteiger partial charge is 0.337 e. The Hall–Kier alpha value is -0.870. The maximum atomic E-state index is 4.46. The van der Waals surface area contributed by atoms with Gasteiger partial charge in [-0.15, -0.1) is 0 Å². The fourth-order valence-electron chi connectivity index (χ4n) is 2.82. The lowest BCUT2D eigenvalue weighted by atomic mass is 10.0. The number of nitrogens with one attached hydrogen (secondary N) is 1. The molecule has 4 heteroatoms. The van der Waals surface area contributed by atoms with E-state index in [4.69, 9.17) is 0 Å². The van der Waals surface area contributed by atoms with Gasteiger partial charge in [0.05, 0.1) is 12.0 Å². The molecular weight excluding hydrogens is 236 g/mol. The second kappa shape index (κ2) is 7.65. The van der Waals surface area contributed by atoms with Crippen molar-refractivity contribution in [3.8, 4) is 0 Å². The molecule has 4 nitrogen and oxygen atoms in total. The van der Waals surface area contributed by atoms with Crippen LogP contribution < -0.4 is 5.32 Å². The Morgan fingerprint density at radius 3 is 3.11 bits per heavy atom. The SMILES string of the molecule is CCCNCc1cn(CCC2CCCCN2C)cn1. The Kier molecular flexibility index (Phi) is 5.86. The van der Waals surface area contributed by atoms with Crippen LogP contribution in [0.4, 0.5) is 0 Å². The van der Waals surface area contributed by atoms with Gasteiger partial charge in [-0.3, -0.25) is 0 Å². The molecule has 0 aliphatic carbocycles. The van der Waals surface area contributed by atoms with E-state index >= 15 is 0 Å². The zero-order chi connectivity index (χ0) is 13.5. The van der Waals surface area contributed by atoms with Gasteiger partial charge in [-0.1, -0.05) is 13.3 Å². The van der Waals surface area contributed by atoms with Crippen LogP contribution in [0.15, 0.2) is 12.5 Å². The second-order valence-corrected chi connectivity index (χ2v) is 5.70. The van der Waals surface area contributed by atoms with Crippen molar-refractivity contribution in [2.24, 2.45) is 0 Å². The predicted octanol–water partition coefficient (Wildman–Crippen LogP) is 2.26. The molecule has 2 rings (SSSR count). The first-order valence-corrected chi connectivity index (χ1v) is 7.71. The van der Waals surface area contributed by atoms with Crippen molar-refractivity contribution in [1.29, 1.82) is 0 Å². The van der Waals surface area contributed by atoms with Crippen LogP contribution in [0.2, 0.25) is 0 Å². The van der Waals surface area contributed by atoms with E-state index in [1.165, 1.54) is 38.6 Å². The van der Waals surface area contributed by atoms with Crippen LogP contribution in [0, 0.1) is 0 Å². The molecule has 1 aliphatic rings. The summed E-state index contributed by atoms with van der Waals surface area (Å²) < 4.78 is 2.24. The van der Waals surface area contributed by atoms with Crippen LogP contribution in [-0.2, 0) is 13.1 Å². The average Bonchev–Trinajstić information content (AvgIpc) is 2.86. The van der Waals surface area contributed by atoms with E-state index in [1.807, 2.05) is 6.33 Å². The number of likely N-dealkylation sites (tertiary alicyclic amines) is 1. The molecule has 0 radical (unpaired) electrons. The van der Waals surface area contributed by atoms with Crippen molar-refractivity contribution in [1.82, 2.24) is 19.8 Å². The lowest BCUT2D eigenvalue weighted by molar-refractivity contribution is 0.171. The van der Waals surface area contributed by atoms with E-state index in [2.05, 4.69) is 39.9 Å². The van der Waals surface area contributed by atoms with Gasteiger partial charge in [-0.05, 0) is 45.8 Å². The molecule has 0 saturated carbocycles. The van der Waals surface area contributed by atoms with Crippen LogP contribution in [0.3, 0.4) is 0 Å². The first kappa shape index (κ1) is 14.5. The van der Waals surface area contributed by atoms with Crippen LogP contribution in [0.25, 0.3) is 0 Å². The number of piperidine rings is 1. The number of aromatic nitrogens is 2. The third-order valence-corrected chi connectivity index (χ3v) is 4.06. The van der Waals surface area contributed by atoms with Crippen LogP contribution in [0.5, 0.6) is 0 Å². The normalized spacial score (nSPS) is 20.8. The molecule has 0 bridgehead atoms. The molecule has 19 heavy (non-hydrogen) atoms. The Morgan fingerprint density at radius 2 is 2.32 bits per heavy atom. The zero-order valence-electron chi connectivity index (χ0n) is 12.4. The summed E-state index contributed by atoms with van der Waals surface area (Å²) in [7, 11) is 2.26. The van der Waals surface area contributed by atoms with Gasteiger partial charge in [-0.25, -0.2) is 4.98 Å². The fourth-order valence-corrected chi connectivity index (χ4v) is 2.82. The minimum atomic E-state index is 0.762. The number of nitrogens with zero attached hydrogens (tertiary/aromatic N) is 3. The van der Waals surface area contributed by atoms with Crippen molar-refractivity contribution >= 4 is 0 Å². The molecule has 1 saturated heterocycles. The summed E-state index contributed by atoms with van der Waals surface area (Å²) in [5, 5.41) is 3.39. The number of hydrogen-bond donors (Lipinski definition) is 1. The Bertz CT molecular complexity index is 361. The van der Waals surface area contributed by atoms with Gasteiger partial charge >= 0.3 is 0 Å². The molecule has 0 spiro atoms. The van der Waals surface area contributed by atoms with Crippen molar-refractivity contribution in [3.63, 3.8) is 0 Å². The summed E-state index contributed by atoms with van der Waals surface area (Å²) >= 11 is 0. The Morgan fingerprint density at radius 1 is 1.42 bits per heavy atom. The molecule has 1 atom stereocenters. The van der Waals surface area contributed by atoms with Crippen molar-refractivity contribution in [3.05, 3.63) is 18.2 Å². The monoisotopic (exact) mass is 264 g/mol. The topological polar surface area (TPSA) is 33.1 Å². The smallest absolute Gasteiger partial charge is 0.0949 e. The first-order valence-electron chi connectivity index (χ1n) is 7.71. The van der Waals surface area contributed by atoms with E-state index in [-0.39, 0.29) is 0 Å². The highest BCUT2D eigenvalue weighted by atomic mass is 15.1. The van der Waals surface area contributed by atoms with Gasteiger partial charge in [0.15, 0.2) is 0 Å². The third kappa shape index (κ3) is 4.62. The Labute approximate surface area is 117 Å². The number of imidazole rings is 1. The Balaban J connectivity index is 1.73. The minimum absolute atomic E-state index is 0.762. The molecule has 108 valence electrons. The van der Waals surface area contributed by atoms with E-state index in [0.717, 1.165) is 31.4 Å². The van der Waals surface area contributed by atoms with Crippen LogP contribution >= 0.6 is 0 Å². The lowest BCUT2D eigenvalue weighted by Gasteiger charge is -2.32. The lowest BCUT2D eigenvalue weighted by Crippen LogP contribution is -2.36. The van der Waals surface area contributed by atoms with E-state index in [1.54, 1.807) is 0 Å². The minimum Gasteiger partial charge on any atom is -0.337 e. The molecule has 1 aromatic rings. The number of rotatable bonds is 7. The van der Waals surface area contributed by atoms with Crippen molar-refractivity contribution < 1.29 is 0 Å². The van der Waals surface area contributed by atoms with E-state index < -0.39 is 0 Å². The van der Waals surface area contributed by atoms with Crippen molar-refractivity contribution in [2.45, 2.75) is 58.2 Å². The maximum Gasteiger partial charge on any atom is 0.0949 e. The summed E-state index contributed by atoms with van der Waals surface area (Å²) in [6.45, 7) is 6.51. The summed E-state index contributed by atoms with van der Waals surface area (Å²) in [5.74, 6) is 0. The molecule has 1 fully saturated rings. The average molecular weight is 264 g/mol. The summed E-state index contributed by atoms with van der Waals surface area (Å²) in [4.78, 5) is 6.98. The van der Waals surface area contributed by atoms with Gasteiger partial charge in [0.2, 0.25) is 0 Å². The van der Waals surface area contributed by atoms with Crippen LogP contribution in [0.1, 0.15) is 44.7 Å². The summed E-state index contributed by atoms with van der Waals surface area (Å²) in [6.07, 6.45) is 10.7. The van der Waals surface area contributed by atoms with Gasteiger partial charge in [0.25, 0.3) is 0 Å². The first-order chi connectivity index (χ1) is 9.29. The van der Waals surface area contributed by atoms with Gasteiger partial charge in [-0.2, -0.15) is 0 Å². The van der Waals surface area contributed by atoms with E-state index in [0.29, 0.717) is 0 Å². The van der Waals surface area contributed by atoms with Gasteiger partial charge in [0.1, 0.15) is 0 Å². The number of hydrogen-bond acceptors (Lipinski definition) is 3. The summed E-state index contributed by atoms with van der Waals surface area (Å²) in [6, 6.07) is 0.762. The quantitative estimate of drug-likeness (QED) is 0.767. The van der Waals surface area contributed by atoms with Gasteiger partial charge < -0.3 is 14.8 Å². The highest BCUT2D eigenvalue weighted by molar-refractivity contribution is 4.96. The fraction of sp³-hybridized carbons (Fsp3) is 0.800. The maximum absolute atomic E-state index is 4.46. The highest BCUT2D eigenvalue weighted by Gasteiger charge is 2.18. The molecule has 0 amide bonds. The molecule has 1 aromatic heterocycles. The summed E-state index contributed by atoms with van der Waals surface area (Å²) in [5.41, 5.74) is 1.16. The second-order valence-electron chi connectivity index (χ2n) is 5.70. The van der Waals surface area contributed by atoms with E-state index in [9.17, 15) is 0 Å². The predicted molar refractivity (Wildman–Crippen MR) is 79.1 cm³/mol. The number of aryl methyl sites for hydroxylation is 1. The molecule has 1 aliphatic heterocycles. The highest BCUT2D eigenvalue weighted by Crippen LogP contribution is 2.18. The molecule has 0 aromatic carbocycles. The molecule has 2 heterocycles. The molecule has 1 unspecified atom stereocenters. The van der Waals surface area contributed by atoms with Gasteiger partial charge in [0, 0.05) is 25.3 Å². The standard InChI is InChI=1S/C15H28N4/c1-3-8-16-11-14-12-19(13-17-14)10-7-15-6-4-5-9-18(15)2/h12-13,15-16H,3-11H2,1-2H3. The van der Waals surface area contributed by atoms with Crippen molar-refractivity contribution in [2.75, 3.05) is 20.1 Å². The molecular formula is C15H28N4. The van der Waals surface area contributed by atoms with Crippen LogP contribution in [-0.4, -0.2) is 40.6 Å².